The summed E-state index contributed by atoms with van der Waals surface area (Å²) in [6, 6.07) is 0. The van der Waals surface area contributed by atoms with Crippen LogP contribution in [-0.2, 0) is 15.9 Å². The lowest BCUT2D eigenvalue weighted by Crippen LogP contribution is -1.87. The molecule has 0 aliphatic heterocycles. The molecule has 0 aliphatic rings. The van der Waals surface area contributed by atoms with Gasteiger partial charge in [-0.15, -0.1) is 0 Å². The molecule has 0 rings (SSSR count). The molecule has 0 N–H and O–H groups in total. The van der Waals surface area contributed by atoms with Crippen LogP contribution in [0.3, 0.4) is 0 Å². The van der Waals surface area contributed by atoms with Gasteiger partial charge in [-0.3, -0.25) is 0 Å². The minimum absolute atomic E-state index is 0.737. The van der Waals surface area contributed by atoms with Crippen LogP contribution in [0.4, 0.5) is 0 Å². The molecule has 0 heterocycles. The summed E-state index contributed by atoms with van der Waals surface area (Å²) in [7, 11) is 0. The highest BCUT2D eigenvalue weighted by molar-refractivity contribution is 7.65. The van der Waals surface area contributed by atoms with Crippen molar-refractivity contribution in [3.63, 3.8) is 0 Å². The van der Waals surface area contributed by atoms with Crippen molar-refractivity contribution in [2.75, 3.05) is 5.75 Å². The third kappa shape index (κ3) is 18.0. The first-order valence-corrected chi connectivity index (χ1v) is 9.93. The maximum absolute atomic E-state index is 10.2. The molecule has 0 fully saturated rings. The largest absolute Gasteiger partial charge is 0.458 e. The zero-order valence-corrected chi connectivity index (χ0v) is 14.8. The topological polar surface area (TPSA) is 17.1 Å². The van der Waals surface area contributed by atoms with E-state index in [2.05, 4.69) is 13.8 Å². The maximum Gasteiger partial charge on any atom is 0.458 e. The van der Waals surface area contributed by atoms with Crippen LogP contribution in [0.25, 0.3) is 0 Å². The molecule has 0 aliphatic carbocycles. The lowest BCUT2D eigenvalue weighted by molar-refractivity contribution is 0.503. The predicted octanol–water partition coefficient (Wildman–Crippen LogP) is 6.53. The molecule has 0 aromatic rings. The van der Waals surface area contributed by atoms with E-state index in [0.29, 0.717) is 0 Å². The summed E-state index contributed by atoms with van der Waals surface area (Å²) in [6.45, 7) is 4.64. The Morgan fingerprint density at radius 2 is 0.950 bits per heavy atom. The maximum atomic E-state index is 10.2. The monoisotopic (exact) mass is 301 g/mol. The minimum Gasteiger partial charge on any atom is -0.0628 e. The Labute approximate surface area is 131 Å². The standard InChI is InChI=1S/C18H37OS/c1-18(2)16-14-12-10-8-6-4-3-5-7-9-11-13-15-17-20-19/h18H,3-17H2,1-2H3/q+1. The van der Waals surface area contributed by atoms with Crippen LogP contribution >= 0.6 is 0 Å². The van der Waals surface area contributed by atoms with Crippen molar-refractivity contribution in [1.82, 2.24) is 0 Å². The second-order valence-corrected chi connectivity index (χ2v) is 7.24. The van der Waals surface area contributed by atoms with Gasteiger partial charge in [-0.1, -0.05) is 90.9 Å². The average Bonchev–Trinajstić information content (AvgIpc) is 2.43. The third-order valence-corrected chi connectivity index (χ3v) is 4.46. The molecule has 0 aromatic heterocycles. The molecular formula is C18H37OS+. The molecule has 0 radical (unpaired) electrons. The quantitative estimate of drug-likeness (QED) is 0.234. The fourth-order valence-electron chi connectivity index (χ4n) is 2.66. The second kappa shape index (κ2) is 17.1. The summed E-state index contributed by atoms with van der Waals surface area (Å²) in [5.41, 5.74) is 0. The van der Waals surface area contributed by atoms with Gasteiger partial charge >= 0.3 is 11.7 Å². The van der Waals surface area contributed by atoms with Gasteiger partial charge in [0, 0.05) is 10.6 Å². The van der Waals surface area contributed by atoms with Crippen LogP contribution in [0.15, 0.2) is 0 Å². The lowest BCUT2D eigenvalue weighted by Gasteiger charge is -2.04. The van der Waals surface area contributed by atoms with Gasteiger partial charge in [0.15, 0.2) is 0 Å². The highest BCUT2D eigenvalue weighted by Gasteiger charge is 1.98. The first kappa shape index (κ1) is 20.0. The first-order valence-electron chi connectivity index (χ1n) is 9.02. The fourth-order valence-corrected chi connectivity index (χ4v) is 2.98. The minimum atomic E-state index is 0.737. The molecule has 0 atom stereocenters. The molecule has 0 unspecified atom stereocenters. The van der Waals surface area contributed by atoms with E-state index in [1.165, 1.54) is 83.5 Å². The van der Waals surface area contributed by atoms with Gasteiger partial charge in [-0.2, -0.15) is 0 Å². The van der Waals surface area contributed by atoms with Gasteiger partial charge in [0.2, 0.25) is 5.75 Å². The predicted molar refractivity (Wildman–Crippen MR) is 92.4 cm³/mol. The van der Waals surface area contributed by atoms with Crippen LogP contribution in [0.2, 0.25) is 0 Å². The van der Waals surface area contributed by atoms with Crippen molar-refractivity contribution in [2.24, 2.45) is 5.92 Å². The van der Waals surface area contributed by atoms with E-state index in [4.69, 9.17) is 0 Å². The number of rotatable bonds is 16. The Kier molecular flexibility index (Phi) is 17.1. The molecular weight excluding hydrogens is 264 g/mol. The van der Waals surface area contributed by atoms with E-state index < -0.39 is 0 Å². The summed E-state index contributed by atoms with van der Waals surface area (Å²) in [5, 5.41) is 0. The van der Waals surface area contributed by atoms with Crippen LogP contribution < -0.4 is 0 Å². The smallest absolute Gasteiger partial charge is 0.0628 e. The molecule has 1 nitrogen and oxygen atoms in total. The van der Waals surface area contributed by atoms with Gasteiger partial charge in [0.05, 0.1) is 0 Å². The Bertz CT molecular complexity index is 192. The molecule has 0 saturated heterocycles. The zero-order valence-electron chi connectivity index (χ0n) is 14.0. The lowest BCUT2D eigenvalue weighted by atomic mass is 10.0. The van der Waals surface area contributed by atoms with E-state index >= 15 is 0 Å². The summed E-state index contributed by atoms with van der Waals surface area (Å²) in [4.78, 5) is 0. The van der Waals surface area contributed by atoms with Crippen molar-refractivity contribution in [3.05, 3.63) is 0 Å². The van der Waals surface area contributed by atoms with Gasteiger partial charge in [-0.05, 0) is 12.3 Å². The highest BCUT2D eigenvalue weighted by atomic mass is 32.1. The van der Waals surface area contributed by atoms with Crippen LogP contribution in [0.5, 0.6) is 0 Å². The van der Waals surface area contributed by atoms with Crippen LogP contribution in [0.1, 0.15) is 104 Å². The zero-order chi connectivity index (χ0) is 14.9. The summed E-state index contributed by atoms with van der Waals surface area (Å²) >= 11 is 0.737. The van der Waals surface area contributed by atoms with Crippen molar-refractivity contribution < 1.29 is 4.21 Å². The average molecular weight is 302 g/mol. The molecule has 2 heteroatoms. The summed E-state index contributed by atoms with van der Waals surface area (Å²) in [5.74, 6) is 1.69. The molecule has 0 saturated carbocycles. The molecule has 20 heavy (non-hydrogen) atoms. The highest BCUT2D eigenvalue weighted by Crippen LogP contribution is 2.14. The van der Waals surface area contributed by atoms with E-state index in [-0.39, 0.29) is 0 Å². The van der Waals surface area contributed by atoms with Gasteiger partial charge < -0.3 is 0 Å². The van der Waals surface area contributed by atoms with Crippen LogP contribution in [-0.4, -0.2) is 5.75 Å². The summed E-state index contributed by atoms with van der Waals surface area (Å²) < 4.78 is 10.2. The van der Waals surface area contributed by atoms with Gasteiger partial charge in [0.1, 0.15) is 0 Å². The van der Waals surface area contributed by atoms with Gasteiger partial charge in [-0.25, -0.2) is 0 Å². The Balaban J connectivity index is 2.94. The number of unbranched alkanes of at least 4 members (excludes halogenated alkanes) is 12. The summed E-state index contributed by atoms with van der Waals surface area (Å²) in [6.07, 6.45) is 19.4. The molecule has 0 spiro atoms. The SMILES string of the molecule is CC(C)CCCCCCCCCCCCCCC[S+]=O. The van der Waals surface area contributed by atoms with Crippen molar-refractivity contribution in [3.8, 4) is 0 Å². The van der Waals surface area contributed by atoms with E-state index in [1.807, 2.05) is 0 Å². The van der Waals surface area contributed by atoms with E-state index in [9.17, 15) is 4.21 Å². The Morgan fingerprint density at radius 3 is 1.30 bits per heavy atom. The number of hydrogen-bond acceptors (Lipinski definition) is 1. The molecule has 0 bridgehead atoms. The normalized spacial score (nSPS) is 11.2. The molecule has 120 valence electrons. The Hall–Kier alpha value is 0.0200. The number of hydrogen-bond donors (Lipinski definition) is 0. The van der Waals surface area contributed by atoms with Crippen molar-refractivity contribution in [2.45, 2.75) is 104 Å². The van der Waals surface area contributed by atoms with Crippen molar-refractivity contribution >= 4 is 11.7 Å². The molecule has 0 amide bonds. The second-order valence-electron chi connectivity index (χ2n) is 6.60. The van der Waals surface area contributed by atoms with E-state index in [1.54, 1.807) is 0 Å². The third-order valence-electron chi connectivity index (χ3n) is 4.01. The fraction of sp³-hybridized carbons (Fsp3) is 1.00. The van der Waals surface area contributed by atoms with Crippen LogP contribution in [0, 0.1) is 5.92 Å². The Morgan fingerprint density at radius 1 is 0.600 bits per heavy atom. The van der Waals surface area contributed by atoms with Gasteiger partial charge in [0.25, 0.3) is 0 Å². The molecule has 0 aromatic carbocycles. The van der Waals surface area contributed by atoms with E-state index in [0.717, 1.165) is 29.8 Å². The van der Waals surface area contributed by atoms with Crippen molar-refractivity contribution in [1.29, 1.82) is 0 Å². The first-order chi connectivity index (χ1) is 9.77.